The molecule has 1 amide bonds. The van der Waals surface area contributed by atoms with Gasteiger partial charge in [0.25, 0.3) is 5.91 Å². The minimum atomic E-state index is -0.325. The van der Waals surface area contributed by atoms with Gasteiger partial charge in [0.05, 0.1) is 5.69 Å². The molecule has 0 bridgehead atoms. The molecular formula is C24H19FN8O. The van der Waals surface area contributed by atoms with E-state index in [0.717, 1.165) is 11.3 Å². The number of aromatic nitrogens is 6. The first-order chi connectivity index (χ1) is 16.5. The lowest BCUT2D eigenvalue weighted by atomic mass is 10.1. The summed E-state index contributed by atoms with van der Waals surface area (Å²) in [5.41, 5.74) is 3.13. The summed E-state index contributed by atoms with van der Waals surface area (Å²) in [6.07, 6.45) is 6.61. The van der Waals surface area contributed by atoms with Crippen LogP contribution < -0.4 is 10.6 Å². The highest BCUT2D eigenvalue weighted by atomic mass is 19.1. The van der Waals surface area contributed by atoms with Gasteiger partial charge in [0.2, 0.25) is 0 Å². The monoisotopic (exact) mass is 454 g/mol. The smallest absolute Gasteiger partial charge is 0.273 e. The predicted octanol–water partition coefficient (Wildman–Crippen LogP) is 4.20. The molecule has 0 radical (unpaired) electrons. The second-order valence-corrected chi connectivity index (χ2v) is 7.43. The number of imidazole rings is 1. The fourth-order valence-corrected chi connectivity index (χ4v) is 3.37. The molecule has 5 aromatic rings. The number of anilines is 3. The van der Waals surface area contributed by atoms with E-state index in [1.165, 1.54) is 23.1 Å². The first kappa shape index (κ1) is 21.0. The highest BCUT2D eigenvalue weighted by Gasteiger charge is 2.15. The maximum atomic E-state index is 13.2. The van der Waals surface area contributed by atoms with Crippen LogP contribution in [0.2, 0.25) is 0 Å². The topological polar surface area (TPSA) is 103 Å². The molecular weight excluding hydrogens is 435 g/mol. The summed E-state index contributed by atoms with van der Waals surface area (Å²) < 4.78 is 16.5. The summed E-state index contributed by atoms with van der Waals surface area (Å²) in [5.74, 6) is 0.688. The number of nitrogens with zero attached hydrogens (tertiary/aromatic N) is 6. The second kappa shape index (κ2) is 8.94. The first-order valence-electron chi connectivity index (χ1n) is 10.3. The Kier molecular flexibility index (Phi) is 5.53. The zero-order valence-corrected chi connectivity index (χ0v) is 18.1. The molecule has 0 unspecified atom stereocenters. The minimum Gasteiger partial charge on any atom is -0.340 e. The van der Waals surface area contributed by atoms with Crippen molar-refractivity contribution < 1.29 is 9.18 Å². The maximum Gasteiger partial charge on any atom is 0.273 e. The third-order valence-corrected chi connectivity index (χ3v) is 5.09. The van der Waals surface area contributed by atoms with E-state index < -0.39 is 0 Å². The Morgan fingerprint density at radius 3 is 2.47 bits per heavy atom. The zero-order chi connectivity index (χ0) is 23.5. The van der Waals surface area contributed by atoms with E-state index in [0.29, 0.717) is 28.7 Å². The summed E-state index contributed by atoms with van der Waals surface area (Å²) in [4.78, 5) is 25.3. The third kappa shape index (κ3) is 4.51. The third-order valence-electron chi connectivity index (χ3n) is 5.09. The molecule has 0 aliphatic rings. The van der Waals surface area contributed by atoms with E-state index in [4.69, 9.17) is 0 Å². The lowest BCUT2D eigenvalue weighted by molar-refractivity contribution is 0.101. The van der Waals surface area contributed by atoms with Gasteiger partial charge in [-0.3, -0.25) is 14.0 Å². The van der Waals surface area contributed by atoms with Crippen molar-refractivity contribution in [3.05, 3.63) is 97.2 Å². The van der Waals surface area contributed by atoms with Crippen molar-refractivity contribution >= 4 is 23.1 Å². The Morgan fingerprint density at radius 1 is 0.971 bits per heavy atom. The molecule has 2 aromatic carbocycles. The molecule has 5 rings (SSSR count). The van der Waals surface area contributed by atoms with Gasteiger partial charge in [0, 0.05) is 42.4 Å². The normalized spacial score (nSPS) is 10.8. The lowest BCUT2D eigenvalue weighted by Crippen LogP contribution is -2.15. The van der Waals surface area contributed by atoms with E-state index in [9.17, 15) is 9.18 Å². The number of carbonyl (C=O) groups excluding carboxylic acids is 1. The van der Waals surface area contributed by atoms with E-state index in [2.05, 4.69) is 30.7 Å². The Hall–Kier alpha value is -4.86. The fraction of sp³-hybridized carbons (Fsp3) is 0.0417. The molecule has 0 atom stereocenters. The summed E-state index contributed by atoms with van der Waals surface area (Å²) in [7, 11) is 1.69. The van der Waals surface area contributed by atoms with Crippen LogP contribution in [-0.2, 0) is 7.05 Å². The number of carbonyl (C=O) groups is 1. The number of amides is 1. The largest absolute Gasteiger partial charge is 0.340 e. The van der Waals surface area contributed by atoms with E-state index in [1.807, 2.05) is 12.1 Å². The van der Waals surface area contributed by atoms with E-state index in [-0.39, 0.29) is 11.7 Å². The number of aryl methyl sites for hydroxylation is 1. The number of hydrogen-bond donors (Lipinski definition) is 2. The van der Waals surface area contributed by atoms with Gasteiger partial charge in [-0.15, -0.1) is 0 Å². The SMILES string of the molecule is Cn1nc(-c2ccc(F)cc2)cc1C(=O)Nc1ccc(Nc2cc(-n3ccnc3)ncn2)cc1. The molecule has 34 heavy (non-hydrogen) atoms. The van der Waals surface area contributed by atoms with Gasteiger partial charge in [-0.05, 0) is 54.6 Å². The molecule has 0 spiro atoms. The van der Waals surface area contributed by atoms with Crippen LogP contribution in [0.25, 0.3) is 17.1 Å². The van der Waals surface area contributed by atoms with E-state index in [1.54, 1.807) is 66.7 Å². The minimum absolute atomic E-state index is 0.301. The molecule has 10 heteroatoms. The van der Waals surface area contributed by atoms with Gasteiger partial charge < -0.3 is 10.6 Å². The van der Waals surface area contributed by atoms with Crippen LogP contribution in [0.15, 0.2) is 85.7 Å². The Morgan fingerprint density at radius 2 is 1.74 bits per heavy atom. The van der Waals surface area contributed by atoms with E-state index >= 15 is 0 Å². The molecule has 3 heterocycles. The van der Waals surface area contributed by atoms with Crippen molar-refractivity contribution in [2.45, 2.75) is 0 Å². The molecule has 168 valence electrons. The van der Waals surface area contributed by atoms with Crippen molar-refractivity contribution in [2.75, 3.05) is 10.6 Å². The van der Waals surface area contributed by atoms with Crippen molar-refractivity contribution in [3.63, 3.8) is 0 Å². The number of nitrogens with one attached hydrogen (secondary N) is 2. The molecule has 9 nitrogen and oxygen atoms in total. The number of hydrogen-bond acceptors (Lipinski definition) is 6. The fourth-order valence-electron chi connectivity index (χ4n) is 3.37. The average molecular weight is 454 g/mol. The molecule has 3 aromatic heterocycles. The van der Waals surface area contributed by atoms with Gasteiger partial charge in [-0.2, -0.15) is 5.10 Å². The highest BCUT2D eigenvalue weighted by molar-refractivity contribution is 6.03. The highest BCUT2D eigenvalue weighted by Crippen LogP contribution is 2.22. The van der Waals surface area contributed by atoms with Crippen LogP contribution in [0, 0.1) is 5.82 Å². The number of halogens is 1. The Labute approximate surface area is 194 Å². The molecule has 0 aliphatic heterocycles. The summed E-state index contributed by atoms with van der Waals surface area (Å²) in [6, 6.07) is 16.7. The van der Waals surface area contributed by atoms with Crippen LogP contribution in [-0.4, -0.2) is 35.2 Å². The molecule has 2 N–H and O–H groups in total. The van der Waals surface area contributed by atoms with Crippen molar-refractivity contribution in [1.82, 2.24) is 29.3 Å². The standard InChI is InChI=1S/C24H19FN8O/c1-32-21(12-20(31-32)16-2-4-17(25)5-3-16)24(34)30-19-8-6-18(7-9-19)29-22-13-23(28-14-27-22)33-11-10-26-15-33/h2-15H,1H3,(H,30,34)(H,27,28,29). The number of rotatable bonds is 6. The predicted molar refractivity (Wildman–Crippen MR) is 125 cm³/mol. The first-order valence-corrected chi connectivity index (χ1v) is 10.3. The summed E-state index contributed by atoms with van der Waals surface area (Å²) >= 11 is 0. The van der Waals surface area contributed by atoms with Crippen LogP contribution in [0.1, 0.15) is 10.5 Å². The van der Waals surface area contributed by atoms with Gasteiger partial charge in [0.15, 0.2) is 0 Å². The van der Waals surface area contributed by atoms with Gasteiger partial charge in [0.1, 0.15) is 35.8 Å². The van der Waals surface area contributed by atoms with Gasteiger partial charge >= 0.3 is 0 Å². The van der Waals surface area contributed by atoms with Crippen LogP contribution in [0.3, 0.4) is 0 Å². The molecule has 0 aliphatic carbocycles. The molecule has 0 saturated carbocycles. The molecule has 0 saturated heterocycles. The quantitative estimate of drug-likeness (QED) is 0.399. The Bertz CT molecular complexity index is 1430. The average Bonchev–Trinajstić information content (AvgIpc) is 3.51. The van der Waals surface area contributed by atoms with Crippen molar-refractivity contribution in [2.24, 2.45) is 7.05 Å². The second-order valence-electron chi connectivity index (χ2n) is 7.43. The van der Waals surface area contributed by atoms with Crippen LogP contribution in [0.4, 0.5) is 21.6 Å². The van der Waals surface area contributed by atoms with Gasteiger partial charge in [-0.1, -0.05) is 0 Å². The maximum absolute atomic E-state index is 13.2. The lowest BCUT2D eigenvalue weighted by Gasteiger charge is -2.09. The van der Waals surface area contributed by atoms with Crippen LogP contribution >= 0.6 is 0 Å². The van der Waals surface area contributed by atoms with Crippen LogP contribution in [0.5, 0.6) is 0 Å². The van der Waals surface area contributed by atoms with Crippen molar-refractivity contribution in [1.29, 1.82) is 0 Å². The Balaban J connectivity index is 1.26. The zero-order valence-electron chi connectivity index (χ0n) is 18.1. The molecule has 0 fully saturated rings. The van der Waals surface area contributed by atoms with Gasteiger partial charge in [-0.25, -0.2) is 19.3 Å². The summed E-state index contributed by atoms with van der Waals surface area (Å²) in [6.45, 7) is 0. The number of benzene rings is 2. The summed E-state index contributed by atoms with van der Waals surface area (Å²) in [5, 5.41) is 10.4. The van der Waals surface area contributed by atoms with Crippen molar-refractivity contribution in [3.8, 4) is 17.1 Å².